The summed E-state index contributed by atoms with van der Waals surface area (Å²) in [5.74, 6) is 3.43. The van der Waals surface area contributed by atoms with Crippen LogP contribution in [0.1, 0.15) is 33.1 Å². The first-order valence-electron chi connectivity index (χ1n) is 5.07. The van der Waals surface area contributed by atoms with Crippen LogP contribution < -0.4 is 5.32 Å². The highest BCUT2D eigenvalue weighted by atomic mass is 79.9. The van der Waals surface area contributed by atoms with Gasteiger partial charge in [-0.05, 0) is 29.5 Å². The van der Waals surface area contributed by atoms with Crippen molar-refractivity contribution < 1.29 is 4.79 Å². The highest BCUT2D eigenvalue weighted by molar-refractivity contribution is 9.12. The molecule has 0 heterocycles. The minimum absolute atomic E-state index is 0.174. The van der Waals surface area contributed by atoms with Crippen molar-refractivity contribution in [1.29, 1.82) is 0 Å². The van der Waals surface area contributed by atoms with Crippen LogP contribution in [0.25, 0.3) is 0 Å². The van der Waals surface area contributed by atoms with Gasteiger partial charge in [-0.25, -0.2) is 0 Å². The lowest BCUT2D eigenvalue weighted by atomic mass is 9.76. The molecule has 0 spiro atoms. The second-order valence-electron chi connectivity index (χ2n) is 4.15. The fourth-order valence-corrected chi connectivity index (χ4v) is 2.04. The molecule has 2 nitrogen and oxygen atoms in total. The molecule has 78 valence electrons. The van der Waals surface area contributed by atoms with Gasteiger partial charge in [0.25, 0.3) is 5.91 Å². The minimum Gasteiger partial charge on any atom is -0.342 e. The van der Waals surface area contributed by atoms with Crippen LogP contribution in [0.15, 0.2) is 0 Å². The summed E-state index contributed by atoms with van der Waals surface area (Å²) in [6.07, 6.45) is 3.78. The second-order valence-corrected chi connectivity index (χ2v) is 4.55. The third-order valence-corrected chi connectivity index (χ3v) is 3.03. The zero-order valence-electron chi connectivity index (χ0n) is 8.64. The lowest BCUT2D eigenvalue weighted by Crippen LogP contribution is -2.45. The molecule has 1 rings (SSSR count). The Labute approximate surface area is 94.0 Å². The quantitative estimate of drug-likeness (QED) is 0.773. The van der Waals surface area contributed by atoms with Crippen LogP contribution in [0.3, 0.4) is 0 Å². The number of halogens is 1. The van der Waals surface area contributed by atoms with E-state index in [4.69, 9.17) is 0 Å². The molecule has 1 aliphatic rings. The monoisotopic (exact) mass is 257 g/mol. The lowest BCUT2D eigenvalue weighted by Gasteiger charge is -2.36. The van der Waals surface area contributed by atoms with Crippen molar-refractivity contribution in [2.75, 3.05) is 0 Å². The SMILES string of the molecule is CC(C)C(NC(=O)C#CBr)C1CCC1. The molecule has 14 heavy (non-hydrogen) atoms. The van der Waals surface area contributed by atoms with Crippen molar-refractivity contribution in [2.45, 2.75) is 39.2 Å². The van der Waals surface area contributed by atoms with Crippen molar-refractivity contribution in [1.82, 2.24) is 5.32 Å². The first kappa shape index (κ1) is 11.6. The standard InChI is InChI=1S/C11H16BrNO/c1-8(2)11(9-4-3-5-9)13-10(14)6-7-12/h8-9,11H,3-5H2,1-2H3,(H,13,14). The van der Waals surface area contributed by atoms with Gasteiger partial charge in [0.1, 0.15) is 0 Å². The van der Waals surface area contributed by atoms with E-state index in [0.717, 1.165) is 0 Å². The van der Waals surface area contributed by atoms with Crippen LogP contribution in [0, 0.1) is 22.6 Å². The summed E-state index contributed by atoms with van der Waals surface area (Å²) in [5, 5.41) is 2.98. The van der Waals surface area contributed by atoms with E-state index in [1.807, 2.05) is 0 Å². The molecule has 0 aromatic carbocycles. The van der Waals surface area contributed by atoms with E-state index in [1.165, 1.54) is 19.3 Å². The zero-order chi connectivity index (χ0) is 10.6. The zero-order valence-corrected chi connectivity index (χ0v) is 10.2. The Bertz CT molecular complexity index is 260. The van der Waals surface area contributed by atoms with E-state index in [1.54, 1.807) is 0 Å². The van der Waals surface area contributed by atoms with Gasteiger partial charge >= 0.3 is 0 Å². The smallest absolute Gasteiger partial charge is 0.296 e. The molecule has 0 aromatic heterocycles. The Morgan fingerprint density at radius 3 is 2.50 bits per heavy atom. The number of carbonyl (C=O) groups is 1. The van der Waals surface area contributed by atoms with E-state index in [-0.39, 0.29) is 5.91 Å². The van der Waals surface area contributed by atoms with Crippen molar-refractivity contribution in [3.05, 3.63) is 0 Å². The van der Waals surface area contributed by atoms with Crippen LogP contribution >= 0.6 is 15.9 Å². The predicted octanol–water partition coefficient (Wildman–Crippen LogP) is 2.28. The van der Waals surface area contributed by atoms with Crippen LogP contribution in [0.2, 0.25) is 0 Å². The average molecular weight is 258 g/mol. The van der Waals surface area contributed by atoms with E-state index in [0.29, 0.717) is 17.9 Å². The molecular weight excluding hydrogens is 242 g/mol. The topological polar surface area (TPSA) is 29.1 Å². The fraction of sp³-hybridized carbons (Fsp3) is 0.727. The average Bonchev–Trinajstić information content (AvgIpc) is 2.00. The van der Waals surface area contributed by atoms with Crippen molar-refractivity contribution in [2.24, 2.45) is 11.8 Å². The van der Waals surface area contributed by atoms with Crippen LogP contribution in [-0.2, 0) is 4.79 Å². The number of carbonyl (C=O) groups excluding carboxylic acids is 1. The summed E-state index contributed by atoms with van der Waals surface area (Å²) in [4.78, 5) is 13.7. The molecule has 1 aliphatic carbocycles. The highest BCUT2D eigenvalue weighted by Gasteiger charge is 2.30. The molecular formula is C11H16BrNO. The summed E-state index contributed by atoms with van der Waals surface area (Å²) in [6.45, 7) is 4.29. The van der Waals surface area contributed by atoms with Crippen LogP contribution in [0.4, 0.5) is 0 Å². The summed E-state index contributed by atoms with van der Waals surface area (Å²) in [5.41, 5.74) is 0. The summed E-state index contributed by atoms with van der Waals surface area (Å²) in [6, 6.07) is 0.296. The summed E-state index contributed by atoms with van der Waals surface area (Å²) in [7, 11) is 0. The molecule has 3 heteroatoms. The Balaban J connectivity index is 2.49. The maximum absolute atomic E-state index is 11.3. The molecule has 1 amide bonds. The van der Waals surface area contributed by atoms with E-state index in [9.17, 15) is 4.79 Å². The van der Waals surface area contributed by atoms with Gasteiger partial charge in [0.2, 0.25) is 0 Å². The first-order chi connectivity index (χ1) is 6.65. The van der Waals surface area contributed by atoms with Crippen LogP contribution in [-0.4, -0.2) is 11.9 Å². The lowest BCUT2D eigenvalue weighted by molar-refractivity contribution is -0.117. The van der Waals surface area contributed by atoms with Gasteiger partial charge in [0, 0.05) is 27.9 Å². The molecule has 0 aliphatic heterocycles. The molecule has 1 N–H and O–H groups in total. The molecule has 0 radical (unpaired) electrons. The van der Waals surface area contributed by atoms with E-state index < -0.39 is 0 Å². The highest BCUT2D eigenvalue weighted by Crippen LogP contribution is 2.32. The van der Waals surface area contributed by atoms with Gasteiger partial charge in [0.15, 0.2) is 0 Å². The van der Waals surface area contributed by atoms with Crippen molar-refractivity contribution in [3.8, 4) is 10.8 Å². The van der Waals surface area contributed by atoms with Crippen molar-refractivity contribution in [3.63, 3.8) is 0 Å². The predicted molar refractivity (Wildman–Crippen MR) is 60.8 cm³/mol. The number of hydrogen-bond donors (Lipinski definition) is 1. The van der Waals surface area contributed by atoms with Gasteiger partial charge in [-0.2, -0.15) is 0 Å². The molecule has 1 saturated carbocycles. The molecule has 1 unspecified atom stereocenters. The van der Waals surface area contributed by atoms with Crippen LogP contribution in [0.5, 0.6) is 0 Å². The van der Waals surface area contributed by atoms with Gasteiger partial charge in [-0.1, -0.05) is 20.3 Å². The number of hydrogen-bond acceptors (Lipinski definition) is 1. The Morgan fingerprint density at radius 1 is 1.50 bits per heavy atom. The normalized spacial score (nSPS) is 18.0. The maximum Gasteiger partial charge on any atom is 0.296 e. The third-order valence-electron chi connectivity index (χ3n) is 2.83. The molecule has 1 atom stereocenters. The second kappa shape index (κ2) is 5.41. The molecule has 1 fully saturated rings. The third kappa shape index (κ3) is 3.02. The van der Waals surface area contributed by atoms with Crippen molar-refractivity contribution >= 4 is 21.8 Å². The van der Waals surface area contributed by atoms with Gasteiger partial charge in [0.05, 0.1) is 0 Å². The molecule has 0 aromatic rings. The minimum atomic E-state index is -0.174. The van der Waals surface area contributed by atoms with Gasteiger partial charge < -0.3 is 5.32 Å². The first-order valence-corrected chi connectivity index (χ1v) is 5.86. The largest absolute Gasteiger partial charge is 0.342 e. The number of rotatable bonds is 3. The van der Waals surface area contributed by atoms with E-state index >= 15 is 0 Å². The summed E-state index contributed by atoms with van der Waals surface area (Å²) >= 11 is 2.92. The number of nitrogens with one attached hydrogen (secondary N) is 1. The Kier molecular flexibility index (Phi) is 4.47. The molecule has 0 bridgehead atoms. The Hall–Kier alpha value is -0.490. The van der Waals surface area contributed by atoms with Gasteiger partial charge in [-0.15, -0.1) is 0 Å². The Morgan fingerprint density at radius 2 is 2.14 bits per heavy atom. The number of amides is 1. The van der Waals surface area contributed by atoms with Gasteiger partial charge in [-0.3, -0.25) is 4.79 Å². The molecule has 0 saturated heterocycles. The fourth-order valence-electron chi connectivity index (χ4n) is 1.86. The van der Waals surface area contributed by atoms with E-state index in [2.05, 4.69) is 45.8 Å². The summed E-state index contributed by atoms with van der Waals surface area (Å²) < 4.78 is 0. The maximum atomic E-state index is 11.3.